The van der Waals surface area contributed by atoms with E-state index in [9.17, 15) is 50.7 Å². The molecule has 0 saturated carbocycles. The Kier molecular flexibility index (Phi) is 9.35. The Morgan fingerprint density at radius 3 is 2.36 bits per heavy atom. The van der Waals surface area contributed by atoms with Gasteiger partial charge in [-0.2, -0.15) is 0 Å². The van der Waals surface area contributed by atoms with Crippen LogP contribution in [-0.4, -0.2) is 90.0 Å². The quantitative estimate of drug-likeness (QED) is 0.0777. The van der Waals surface area contributed by atoms with Gasteiger partial charge in [0, 0.05) is 36.9 Å². The number of aliphatic hydroxyl groups is 4. The van der Waals surface area contributed by atoms with Crippen LogP contribution in [0.25, 0.3) is 0 Å². The standard InChI is InChI=1S/C28H28N2O12/c31-13-23-25(36)26(37)27(38)28(42-23)41-22-11-17(32)10-21(35)24(22)20(34)8-4-14-3-7-19(33)18(9-14)29-12-15-1-5-16(6-2-15)30(39)40/h1-3,5-7,9-12,23,25-28,31-33,35-38H,4,8,13H2/t23-,25+,26-,27-,28+/m0/s1. The molecule has 42 heavy (non-hydrogen) atoms. The van der Waals surface area contributed by atoms with Gasteiger partial charge in [-0.1, -0.05) is 6.07 Å². The van der Waals surface area contributed by atoms with Crippen LogP contribution in [0.2, 0.25) is 0 Å². The van der Waals surface area contributed by atoms with Crippen molar-refractivity contribution in [2.24, 2.45) is 4.99 Å². The van der Waals surface area contributed by atoms with Gasteiger partial charge in [0.25, 0.3) is 5.69 Å². The van der Waals surface area contributed by atoms with Crippen molar-refractivity contribution in [1.82, 2.24) is 0 Å². The van der Waals surface area contributed by atoms with Gasteiger partial charge in [-0.25, -0.2) is 0 Å². The van der Waals surface area contributed by atoms with Gasteiger partial charge in [0.2, 0.25) is 6.29 Å². The fraction of sp³-hybridized carbons (Fsp3) is 0.286. The third-order valence-corrected chi connectivity index (χ3v) is 6.57. The van der Waals surface area contributed by atoms with Crippen molar-refractivity contribution in [3.8, 4) is 23.0 Å². The Labute approximate surface area is 238 Å². The van der Waals surface area contributed by atoms with Crippen LogP contribution in [0, 0.1) is 10.1 Å². The fourth-order valence-corrected chi connectivity index (χ4v) is 4.29. The first-order valence-corrected chi connectivity index (χ1v) is 12.6. The van der Waals surface area contributed by atoms with Crippen LogP contribution in [0.1, 0.15) is 27.9 Å². The summed E-state index contributed by atoms with van der Waals surface area (Å²) in [5, 5.41) is 81.1. The van der Waals surface area contributed by atoms with E-state index in [2.05, 4.69) is 4.99 Å². The van der Waals surface area contributed by atoms with Gasteiger partial charge in [-0.05, 0) is 41.8 Å². The number of nitrogens with zero attached hydrogens (tertiary/aromatic N) is 2. The second-order valence-corrected chi connectivity index (χ2v) is 9.51. The minimum absolute atomic E-state index is 0.0805. The summed E-state index contributed by atoms with van der Waals surface area (Å²) in [6.45, 7) is -0.714. The number of hydrogen-bond acceptors (Lipinski definition) is 13. The van der Waals surface area contributed by atoms with Gasteiger partial charge in [0.1, 0.15) is 58.7 Å². The van der Waals surface area contributed by atoms with Crippen molar-refractivity contribution in [2.75, 3.05) is 6.61 Å². The molecule has 1 aliphatic heterocycles. The number of carbonyl (C=O) groups is 1. The summed E-state index contributed by atoms with van der Waals surface area (Å²) in [4.78, 5) is 27.7. The highest BCUT2D eigenvalue weighted by Gasteiger charge is 2.45. The highest BCUT2D eigenvalue weighted by atomic mass is 16.7. The van der Waals surface area contributed by atoms with Crippen molar-refractivity contribution in [2.45, 2.75) is 43.5 Å². The predicted octanol–water partition coefficient (Wildman–Crippen LogP) is 1.46. The number of non-ortho nitro benzene ring substituents is 1. The molecule has 14 heteroatoms. The van der Waals surface area contributed by atoms with Crippen LogP contribution in [0.15, 0.2) is 59.6 Å². The first-order valence-electron chi connectivity index (χ1n) is 12.6. The summed E-state index contributed by atoms with van der Waals surface area (Å²) in [6, 6.07) is 12.0. The van der Waals surface area contributed by atoms with E-state index in [0.29, 0.717) is 11.1 Å². The topological polar surface area (TPSA) is 233 Å². The molecule has 0 aromatic heterocycles. The number of aliphatic hydroxyl groups excluding tert-OH is 4. The summed E-state index contributed by atoms with van der Waals surface area (Å²) in [5.74, 6) is -2.25. The van der Waals surface area contributed by atoms with Crippen LogP contribution in [0.3, 0.4) is 0 Å². The van der Waals surface area contributed by atoms with Gasteiger partial charge in [-0.3, -0.25) is 19.9 Å². The molecule has 0 radical (unpaired) electrons. The number of nitro benzene ring substituents is 1. The van der Waals surface area contributed by atoms with Crippen LogP contribution in [0.5, 0.6) is 23.0 Å². The summed E-state index contributed by atoms with van der Waals surface area (Å²) >= 11 is 0. The number of aromatic hydroxyl groups is 3. The van der Waals surface area contributed by atoms with Gasteiger partial charge in [0.15, 0.2) is 5.78 Å². The highest BCUT2D eigenvalue weighted by Crippen LogP contribution is 2.36. The highest BCUT2D eigenvalue weighted by molar-refractivity contribution is 6.01. The molecule has 3 aromatic rings. The maximum absolute atomic E-state index is 13.2. The van der Waals surface area contributed by atoms with Crippen molar-refractivity contribution in [1.29, 1.82) is 0 Å². The number of hydrogen-bond donors (Lipinski definition) is 7. The average Bonchev–Trinajstić information content (AvgIpc) is 2.96. The van der Waals surface area contributed by atoms with Gasteiger partial charge in [0.05, 0.1) is 11.5 Å². The lowest BCUT2D eigenvalue weighted by Crippen LogP contribution is -2.60. The van der Waals surface area contributed by atoms with Gasteiger partial charge >= 0.3 is 0 Å². The third kappa shape index (κ3) is 6.82. The second-order valence-electron chi connectivity index (χ2n) is 9.51. The molecule has 1 aliphatic rings. The average molecular weight is 585 g/mol. The Morgan fingerprint density at radius 2 is 1.69 bits per heavy atom. The van der Waals surface area contributed by atoms with E-state index < -0.39 is 59.5 Å². The van der Waals surface area contributed by atoms with E-state index >= 15 is 0 Å². The molecular weight excluding hydrogens is 556 g/mol. The van der Waals surface area contributed by atoms with E-state index in [-0.39, 0.29) is 41.3 Å². The molecule has 14 nitrogen and oxygen atoms in total. The lowest BCUT2D eigenvalue weighted by molar-refractivity contribution is -0.384. The maximum atomic E-state index is 13.2. The van der Waals surface area contributed by atoms with E-state index in [4.69, 9.17) is 9.47 Å². The zero-order valence-electron chi connectivity index (χ0n) is 21.8. The van der Waals surface area contributed by atoms with Crippen LogP contribution >= 0.6 is 0 Å². The van der Waals surface area contributed by atoms with Crippen molar-refractivity contribution in [3.05, 3.63) is 81.4 Å². The monoisotopic (exact) mass is 584 g/mol. The van der Waals surface area contributed by atoms with Gasteiger partial charge in [-0.15, -0.1) is 0 Å². The lowest BCUT2D eigenvalue weighted by Gasteiger charge is -2.39. The van der Waals surface area contributed by atoms with Crippen molar-refractivity contribution in [3.63, 3.8) is 0 Å². The molecule has 1 heterocycles. The number of ketones is 1. The van der Waals surface area contributed by atoms with E-state index in [0.717, 1.165) is 12.1 Å². The lowest BCUT2D eigenvalue weighted by atomic mass is 9.98. The molecule has 0 bridgehead atoms. The van der Waals surface area contributed by atoms with E-state index in [1.54, 1.807) is 6.07 Å². The summed E-state index contributed by atoms with van der Waals surface area (Å²) in [7, 11) is 0. The number of aliphatic imine (C=N–C) groups is 1. The smallest absolute Gasteiger partial charge is 0.269 e. The number of carbonyl (C=O) groups excluding carboxylic acids is 1. The van der Waals surface area contributed by atoms with Crippen LogP contribution in [0.4, 0.5) is 11.4 Å². The first kappa shape index (κ1) is 30.4. The van der Waals surface area contributed by atoms with Crippen molar-refractivity contribution < 1.29 is 54.9 Å². The largest absolute Gasteiger partial charge is 0.508 e. The molecule has 1 saturated heterocycles. The maximum Gasteiger partial charge on any atom is 0.269 e. The Bertz CT molecular complexity index is 1470. The molecular formula is C28H28N2O12. The van der Waals surface area contributed by atoms with Crippen molar-refractivity contribution >= 4 is 23.4 Å². The minimum atomic E-state index is -1.79. The number of benzene rings is 3. The number of nitro groups is 1. The number of Topliss-reactive ketones (excluding diaryl/α,β-unsaturated/α-hetero) is 1. The molecule has 4 rings (SSSR count). The molecule has 0 aliphatic carbocycles. The SMILES string of the molecule is O=C(CCc1ccc(O)c(N=Cc2ccc([N+](=O)[O-])cc2)c1)c1c(O)cc(O)cc1O[C@@H]1O[C@@H](CO)[C@@H](O)[C@H](O)[C@@H]1O. The molecule has 7 N–H and O–H groups in total. The number of ether oxygens (including phenoxy) is 2. The van der Waals surface area contributed by atoms with E-state index in [1.165, 1.54) is 42.6 Å². The summed E-state index contributed by atoms with van der Waals surface area (Å²) in [6.07, 6.45) is -6.79. The normalized spacial score (nSPS) is 22.2. The summed E-state index contributed by atoms with van der Waals surface area (Å²) in [5.41, 5.74) is 0.891. The number of rotatable bonds is 10. The molecule has 5 atom stereocenters. The van der Waals surface area contributed by atoms with Crippen LogP contribution in [-0.2, 0) is 11.2 Å². The molecule has 222 valence electrons. The molecule has 0 spiro atoms. The number of aryl methyl sites for hydroxylation is 1. The van der Waals surface area contributed by atoms with E-state index in [1.807, 2.05) is 0 Å². The molecule has 1 fully saturated rings. The zero-order chi connectivity index (χ0) is 30.6. The third-order valence-electron chi connectivity index (χ3n) is 6.57. The fourth-order valence-electron chi connectivity index (χ4n) is 4.29. The first-order chi connectivity index (χ1) is 20.0. The molecule has 0 amide bonds. The zero-order valence-corrected chi connectivity index (χ0v) is 21.8. The molecule has 3 aromatic carbocycles. The second kappa shape index (κ2) is 12.9. The van der Waals surface area contributed by atoms with Crippen LogP contribution < -0.4 is 4.74 Å². The Morgan fingerprint density at radius 1 is 0.976 bits per heavy atom. The Balaban J connectivity index is 1.49. The van der Waals surface area contributed by atoms with Gasteiger partial charge < -0.3 is 45.2 Å². The number of phenols is 3. The molecule has 0 unspecified atom stereocenters. The number of phenolic OH excluding ortho intramolecular Hbond substituents is 3. The summed E-state index contributed by atoms with van der Waals surface area (Å²) < 4.78 is 10.8. The predicted molar refractivity (Wildman–Crippen MR) is 145 cm³/mol. The Hall–Kier alpha value is -4.60. The minimum Gasteiger partial charge on any atom is -0.508 e.